The number of amides is 1. The van der Waals surface area contributed by atoms with Crippen LogP contribution in [0.25, 0.3) is 0 Å². The third-order valence-electron chi connectivity index (χ3n) is 4.38. The quantitative estimate of drug-likeness (QED) is 0.728. The molecule has 0 spiro atoms. The van der Waals surface area contributed by atoms with Crippen molar-refractivity contribution in [2.24, 2.45) is 0 Å². The molecule has 1 aliphatic heterocycles. The predicted molar refractivity (Wildman–Crippen MR) is 91.2 cm³/mol. The Balaban J connectivity index is 2.23. The number of ether oxygens (including phenoxy) is 4. The van der Waals surface area contributed by atoms with Crippen LogP contribution in [0.1, 0.15) is 24.8 Å². The van der Waals surface area contributed by atoms with Gasteiger partial charge in [0.05, 0.1) is 34.9 Å². The molecule has 1 atom stereocenters. The van der Waals surface area contributed by atoms with E-state index in [1.165, 1.54) is 28.4 Å². The van der Waals surface area contributed by atoms with Crippen molar-refractivity contribution >= 4 is 11.9 Å². The number of methoxy groups -OCH3 is 4. The van der Waals surface area contributed by atoms with Crippen LogP contribution in [0.3, 0.4) is 0 Å². The zero-order valence-electron chi connectivity index (χ0n) is 15.2. The number of piperidine rings is 1. The molecular formula is C18H25NO6. The number of hydrogen-bond donors (Lipinski definition) is 0. The SMILES string of the molecule is COC(=O)C1CCCCN1C(=O)Cc1cc(OC)c(OC)c(OC)c1. The number of carbonyl (C=O) groups excluding carboxylic acids is 2. The van der Waals surface area contributed by atoms with Gasteiger partial charge in [-0.15, -0.1) is 0 Å². The van der Waals surface area contributed by atoms with Gasteiger partial charge in [-0.05, 0) is 37.0 Å². The van der Waals surface area contributed by atoms with Crippen molar-refractivity contribution in [2.45, 2.75) is 31.7 Å². The first-order chi connectivity index (χ1) is 12.0. The molecule has 1 aromatic rings. The van der Waals surface area contributed by atoms with Crippen LogP contribution in [-0.2, 0) is 20.7 Å². The lowest BCUT2D eigenvalue weighted by Crippen LogP contribution is -2.49. The number of hydrogen-bond acceptors (Lipinski definition) is 6. The third kappa shape index (κ3) is 4.15. The summed E-state index contributed by atoms with van der Waals surface area (Å²) in [5, 5.41) is 0. The van der Waals surface area contributed by atoms with E-state index in [2.05, 4.69) is 0 Å². The monoisotopic (exact) mass is 351 g/mol. The zero-order chi connectivity index (χ0) is 18.4. The van der Waals surface area contributed by atoms with Gasteiger partial charge in [0.1, 0.15) is 6.04 Å². The molecule has 0 saturated carbocycles. The van der Waals surface area contributed by atoms with Gasteiger partial charge in [-0.3, -0.25) is 4.79 Å². The van der Waals surface area contributed by atoms with Crippen molar-refractivity contribution in [3.63, 3.8) is 0 Å². The maximum Gasteiger partial charge on any atom is 0.328 e. The molecule has 1 unspecified atom stereocenters. The molecule has 1 amide bonds. The second-order valence-corrected chi connectivity index (χ2v) is 5.83. The molecule has 1 heterocycles. The van der Waals surface area contributed by atoms with E-state index in [1.807, 2.05) is 0 Å². The van der Waals surface area contributed by atoms with E-state index in [1.54, 1.807) is 17.0 Å². The van der Waals surface area contributed by atoms with Crippen LogP contribution >= 0.6 is 0 Å². The Morgan fingerprint density at radius 1 is 1.04 bits per heavy atom. The van der Waals surface area contributed by atoms with Crippen molar-refractivity contribution in [3.8, 4) is 17.2 Å². The van der Waals surface area contributed by atoms with E-state index in [0.29, 0.717) is 30.2 Å². The van der Waals surface area contributed by atoms with Gasteiger partial charge in [0.2, 0.25) is 11.7 Å². The first kappa shape index (κ1) is 18.9. The lowest BCUT2D eigenvalue weighted by Gasteiger charge is -2.33. The summed E-state index contributed by atoms with van der Waals surface area (Å²) in [6.07, 6.45) is 2.57. The van der Waals surface area contributed by atoms with Crippen molar-refractivity contribution < 1.29 is 28.5 Å². The minimum atomic E-state index is -0.506. The Hall–Kier alpha value is -2.44. The molecule has 0 aliphatic carbocycles. The van der Waals surface area contributed by atoms with E-state index in [-0.39, 0.29) is 18.3 Å². The minimum Gasteiger partial charge on any atom is -0.493 e. The lowest BCUT2D eigenvalue weighted by atomic mass is 10.0. The van der Waals surface area contributed by atoms with E-state index < -0.39 is 6.04 Å². The Morgan fingerprint density at radius 2 is 1.68 bits per heavy atom. The van der Waals surface area contributed by atoms with Gasteiger partial charge >= 0.3 is 5.97 Å². The maximum absolute atomic E-state index is 12.8. The summed E-state index contributed by atoms with van der Waals surface area (Å²) in [7, 11) is 5.93. The molecule has 1 saturated heterocycles. The highest BCUT2D eigenvalue weighted by Crippen LogP contribution is 2.38. The molecule has 2 rings (SSSR count). The Kier molecular flexibility index (Phi) is 6.50. The molecule has 7 heteroatoms. The van der Waals surface area contributed by atoms with Crippen LogP contribution in [0.5, 0.6) is 17.2 Å². The van der Waals surface area contributed by atoms with Crippen LogP contribution in [0.15, 0.2) is 12.1 Å². The fraction of sp³-hybridized carbons (Fsp3) is 0.556. The average Bonchev–Trinajstić information content (AvgIpc) is 2.66. The molecule has 0 N–H and O–H groups in total. The first-order valence-electron chi connectivity index (χ1n) is 8.21. The topological polar surface area (TPSA) is 74.3 Å². The number of likely N-dealkylation sites (tertiary alicyclic amines) is 1. The summed E-state index contributed by atoms with van der Waals surface area (Å²) in [4.78, 5) is 26.3. The Morgan fingerprint density at radius 3 is 2.20 bits per heavy atom. The number of carbonyl (C=O) groups is 2. The largest absolute Gasteiger partial charge is 0.493 e. The van der Waals surface area contributed by atoms with Crippen molar-refractivity contribution in [3.05, 3.63) is 17.7 Å². The lowest BCUT2D eigenvalue weighted by molar-refractivity contribution is -0.154. The summed E-state index contributed by atoms with van der Waals surface area (Å²) < 4.78 is 20.8. The molecule has 1 aromatic carbocycles. The summed E-state index contributed by atoms with van der Waals surface area (Å²) >= 11 is 0. The van der Waals surface area contributed by atoms with Gasteiger partial charge < -0.3 is 23.8 Å². The summed E-state index contributed by atoms with van der Waals surface area (Å²) in [5.41, 5.74) is 0.730. The van der Waals surface area contributed by atoms with Crippen molar-refractivity contribution in [2.75, 3.05) is 35.0 Å². The fourth-order valence-electron chi connectivity index (χ4n) is 3.12. The number of esters is 1. The summed E-state index contributed by atoms with van der Waals surface area (Å²) in [6.45, 7) is 0.559. The highest BCUT2D eigenvalue weighted by atomic mass is 16.5. The summed E-state index contributed by atoms with van der Waals surface area (Å²) in [6, 6.07) is 2.99. The van der Waals surface area contributed by atoms with Crippen LogP contribution in [0, 0.1) is 0 Å². The van der Waals surface area contributed by atoms with Crippen LogP contribution in [0.4, 0.5) is 0 Å². The van der Waals surface area contributed by atoms with Crippen LogP contribution < -0.4 is 14.2 Å². The zero-order valence-corrected chi connectivity index (χ0v) is 15.2. The second kappa shape index (κ2) is 8.60. The molecule has 1 fully saturated rings. The molecular weight excluding hydrogens is 326 g/mol. The Labute approximate surface area is 147 Å². The van der Waals surface area contributed by atoms with Crippen molar-refractivity contribution in [1.82, 2.24) is 4.90 Å². The third-order valence-corrected chi connectivity index (χ3v) is 4.38. The molecule has 25 heavy (non-hydrogen) atoms. The van der Waals surface area contributed by atoms with E-state index in [9.17, 15) is 9.59 Å². The van der Waals surface area contributed by atoms with E-state index >= 15 is 0 Å². The maximum atomic E-state index is 12.8. The molecule has 7 nitrogen and oxygen atoms in total. The smallest absolute Gasteiger partial charge is 0.328 e. The normalized spacial score (nSPS) is 17.0. The van der Waals surface area contributed by atoms with Gasteiger partial charge in [-0.2, -0.15) is 0 Å². The Bertz CT molecular complexity index is 605. The summed E-state index contributed by atoms with van der Waals surface area (Å²) in [5.74, 6) is 0.981. The number of rotatable bonds is 6. The van der Waals surface area contributed by atoms with Gasteiger partial charge in [0.25, 0.3) is 0 Å². The van der Waals surface area contributed by atoms with E-state index in [0.717, 1.165) is 18.4 Å². The predicted octanol–water partition coefficient (Wildman–Crippen LogP) is 1.81. The van der Waals surface area contributed by atoms with E-state index in [4.69, 9.17) is 18.9 Å². The fourth-order valence-corrected chi connectivity index (χ4v) is 3.12. The standard InChI is InChI=1S/C18H25NO6/c1-22-14-9-12(10-15(23-2)17(14)24-3)11-16(20)19-8-6-5-7-13(19)18(21)25-4/h9-10,13H,5-8,11H2,1-4H3. The average molecular weight is 351 g/mol. The van der Waals surface area contributed by atoms with Gasteiger partial charge in [0, 0.05) is 6.54 Å². The molecule has 1 aliphatic rings. The molecule has 0 aromatic heterocycles. The molecule has 0 bridgehead atoms. The van der Waals surface area contributed by atoms with Gasteiger partial charge in [0.15, 0.2) is 11.5 Å². The number of nitrogens with zero attached hydrogens (tertiary/aromatic N) is 1. The van der Waals surface area contributed by atoms with Crippen molar-refractivity contribution in [1.29, 1.82) is 0 Å². The van der Waals surface area contributed by atoms with Crippen LogP contribution in [-0.4, -0.2) is 57.8 Å². The number of benzene rings is 1. The first-order valence-corrected chi connectivity index (χ1v) is 8.21. The highest BCUT2D eigenvalue weighted by molar-refractivity contribution is 5.86. The molecule has 0 radical (unpaired) electrons. The minimum absolute atomic E-state index is 0.121. The van der Waals surface area contributed by atoms with Crippen LogP contribution in [0.2, 0.25) is 0 Å². The van der Waals surface area contributed by atoms with Gasteiger partial charge in [-0.25, -0.2) is 4.79 Å². The second-order valence-electron chi connectivity index (χ2n) is 5.83. The highest BCUT2D eigenvalue weighted by Gasteiger charge is 2.32. The molecule has 138 valence electrons. The van der Waals surface area contributed by atoms with Gasteiger partial charge in [-0.1, -0.05) is 0 Å².